The van der Waals surface area contributed by atoms with Crippen LogP contribution in [0.2, 0.25) is 0 Å². The van der Waals surface area contributed by atoms with Gasteiger partial charge in [0.15, 0.2) is 0 Å². The summed E-state index contributed by atoms with van der Waals surface area (Å²) in [6, 6.07) is 0.881. The number of amides is 1. The van der Waals surface area contributed by atoms with Crippen LogP contribution in [0.3, 0.4) is 0 Å². The van der Waals surface area contributed by atoms with Gasteiger partial charge in [-0.25, -0.2) is 0 Å². The van der Waals surface area contributed by atoms with Gasteiger partial charge in [-0.1, -0.05) is 12.8 Å². The maximum atomic E-state index is 12.5. The van der Waals surface area contributed by atoms with Gasteiger partial charge in [0.25, 0.3) is 0 Å². The molecule has 0 bridgehead atoms. The SMILES string of the molecule is CC1CC(NC(=O)C2CCCCC2(C)N)CCN1C. The highest BCUT2D eigenvalue weighted by atomic mass is 16.2. The van der Waals surface area contributed by atoms with Gasteiger partial charge in [0.2, 0.25) is 5.91 Å². The first-order valence-electron chi connectivity index (χ1n) is 7.69. The zero-order valence-electron chi connectivity index (χ0n) is 12.6. The molecule has 0 aromatic heterocycles. The smallest absolute Gasteiger partial charge is 0.225 e. The molecule has 1 heterocycles. The summed E-state index contributed by atoms with van der Waals surface area (Å²) in [5.74, 6) is 0.183. The monoisotopic (exact) mass is 267 g/mol. The summed E-state index contributed by atoms with van der Waals surface area (Å²) in [6.07, 6.45) is 6.31. The fraction of sp³-hybridized carbons (Fsp3) is 0.933. The summed E-state index contributed by atoms with van der Waals surface area (Å²) in [5, 5.41) is 3.25. The van der Waals surface area contributed by atoms with E-state index in [-0.39, 0.29) is 17.4 Å². The third-order valence-corrected chi connectivity index (χ3v) is 5.13. The van der Waals surface area contributed by atoms with Crippen LogP contribution in [0.4, 0.5) is 0 Å². The van der Waals surface area contributed by atoms with Crippen LogP contribution >= 0.6 is 0 Å². The predicted octanol–water partition coefficient (Wildman–Crippen LogP) is 1.49. The fourth-order valence-electron chi connectivity index (χ4n) is 3.51. The van der Waals surface area contributed by atoms with Crippen molar-refractivity contribution in [1.29, 1.82) is 0 Å². The van der Waals surface area contributed by atoms with Gasteiger partial charge in [-0.3, -0.25) is 4.79 Å². The lowest BCUT2D eigenvalue weighted by molar-refractivity contribution is -0.129. The number of nitrogens with two attached hydrogens (primary N) is 1. The van der Waals surface area contributed by atoms with E-state index in [4.69, 9.17) is 5.73 Å². The van der Waals surface area contributed by atoms with Gasteiger partial charge in [-0.05, 0) is 46.6 Å². The molecule has 3 N–H and O–H groups in total. The minimum atomic E-state index is -0.320. The Kier molecular flexibility index (Phi) is 4.51. The highest BCUT2D eigenvalue weighted by Crippen LogP contribution is 2.32. The van der Waals surface area contributed by atoms with Crippen LogP contribution in [0.1, 0.15) is 52.4 Å². The van der Waals surface area contributed by atoms with Crippen LogP contribution in [-0.2, 0) is 4.79 Å². The Labute approximate surface area is 117 Å². The Hall–Kier alpha value is -0.610. The Morgan fingerprint density at radius 3 is 2.74 bits per heavy atom. The predicted molar refractivity (Wildman–Crippen MR) is 77.8 cm³/mol. The van der Waals surface area contributed by atoms with Gasteiger partial charge >= 0.3 is 0 Å². The average molecular weight is 267 g/mol. The lowest BCUT2D eigenvalue weighted by Gasteiger charge is -2.40. The molecule has 1 amide bonds. The molecule has 1 aliphatic carbocycles. The van der Waals surface area contributed by atoms with E-state index >= 15 is 0 Å². The van der Waals surface area contributed by atoms with Crippen LogP contribution in [-0.4, -0.2) is 42.0 Å². The molecule has 4 atom stereocenters. The Morgan fingerprint density at radius 2 is 2.11 bits per heavy atom. The third-order valence-electron chi connectivity index (χ3n) is 5.13. The molecule has 1 aliphatic heterocycles. The van der Waals surface area contributed by atoms with Gasteiger partial charge in [0, 0.05) is 24.2 Å². The van der Waals surface area contributed by atoms with Crippen molar-refractivity contribution in [1.82, 2.24) is 10.2 Å². The van der Waals surface area contributed by atoms with E-state index in [2.05, 4.69) is 24.2 Å². The first kappa shape index (κ1) is 14.8. The Balaban J connectivity index is 1.90. The largest absolute Gasteiger partial charge is 0.353 e. The summed E-state index contributed by atoms with van der Waals surface area (Å²) < 4.78 is 0. The molecule has 2 rings (SSSR count). The molecule has 0 aromatic rings. The Bertz CT molecular complexity index is 329. The summed E-state index contributed by atoms with van der Waals surface area (Å²) in [7, 11) is 2.15. The normalized spacial score (nSPS) is 40.9. The van der Waals surface area contributed by atoms with Crippen molar-refractivity contribution in [3.05, 3.63) is 0 Å². The van der Waals surface area contributed by atoms with Crippen LogP contribution < -0.4 is 11.1 Å². The summed E-state index contributed by atoms with van der Waals surface area (Å²) in [6.45, 7) is 5.33. The van der Waals surface area contributed by atoms with E-state index in [1.165, 1.54) is 0 Å². The van der Waals surface area contributed by atoms with Crippen molar-refractivity contribution < 1.29 is 4.79 Å². The molecule has 0 aromatic carbocycles. The molecule has 110 valence electrons. The Morgan fingerprint density at radius 1 is 1.37 bits per heavy atom. The molecule has 1 saturated carbocycles. The lowest BCUT2D eigenvalue weighted by Crippen LogP contribution is -2.56. The fourth-order valence-corrected chi connectivity index (χ4v) is 3.51. The number of carbonyl (C=O) groups is 1. The second-order valence-corrected chi connectivity index (χ2v) is 6.86. The second kappa shape index (κ2) is 5.80. The molecule has 19 heavy (non-hydrogen) atoms. The topological polar surface area (TPSA) is 58.4 Å². The summed E-state index contributed by atoms with van der Waals surface area (Å²) in [5.41, 5.74) is 5.99. The highest BCUT2D eigenvalue weighted by Gasteiger charge is 2.38. The zero-order valence-corrected chi connectivity index (χ0v) is 12.6. The zero-order chi connectivity index (χ0) is 14.0. The molecule has 4 nitrogen and oxygen atoms in total. The van der Waals surface area contributed by atoms with E-state index in [1.54, 1.807) is 0 Å². The number of likely N-dealkylation sites (tertiary alicyclic amines) is 1. The molecular weight excluding hydrogens is 238 g/mol. The molecule has 2 aliphatic rings. The van der Waals surface area contributed by atoms with E-state index in [0.717, 1.165) is 45.1 Å². The third kappa shape index (κ3) is 3.48. The highest BCUT2D eigenvalue weighted by molar-refractivity contribution is 5.80. The minimum Gasteiger partial charge on any atom is -0.353 e. The van der Waals surface area contributed by atoms with Crippen molar-refractivity contribution in [2.24, 2.45) is 11.7 Å². The van der Waals surface area contributed by atoms with Crippen molar-refractivity contribution in [2.45, 2.75) is 70.0 Å². The van der Waals surface area contributed by atoms with Crippen LogP contribution in [0.15, 0.2) is 0 Å². The van der Waals surface area contributed by atoms with Gasteiger partial charge in [-0.2, -0.15) is 0 Å². The van der Waals surface area contributed by atoms with Gasteiger partial charge in [0.05, 0.1) is 5.92 Å². The number of carbonyl (C=O) groups excluding carboxylic acids is 1. The van der Waals surface area contributed by atoms with E-state index in [9.17, 15) is 4.79 Å². The summed E-state index contributed by atoms with van der Waals surface area (Å²) in [4.78, 5) is 14.8. The van der Waals surface area contributed by atoms with E-state index in [0.29, 0.717) is 12.1 Å². The van der Waals surface area contributed by atoms with Crippen molar-refractivity contribution >= 4 is 5.91 Å². The van der Waals surface area contributed by atoms with Gasteiger partial charge in [-0.15, -0.1) is 0 Å². The molecule has 1 saturated heterocycles. The number of rotatable bonds is 2. The summed E-state index contributed by atoms with van der Waals surface area (Å²) >= 11 is 0. The maximum Gasteiger partial charge on any atom is 0.225 e. The number of hydrogen-bond acceptors (Lipinski definition) is 3. The van der Waals surface area contributed by atoms with Crippen molar-refractivity contribution in [2.75, 3.05) is 13.6 Å². The van der Waals surface area contributed by atoms with Gasteiger partial charge in [0.1, 0.15) is 0 Å². The molecule has 2 fully saturated rings. The van der Waals surface area contributed by atoms with E-state index in [1.807, 2.05) is 6.92 Å². The minimum absolute atomic E-state index is 0.00351. The number of nitrogens with zero attached hydrogens (tertiary/aromatic N) is 1. The maximum absolute atomic E-state index is 12.5. The van der Waals surface area contributed by atoms with Crippen molar-refractivity contribution in [3.63, 3.8) is 0 Å². The average Bonchev–Trinajstić information content (AvgIpc) is 2.33. The molecule has 4 unspecified atom stereocenters. The standard InChI is InChI=1S/C15H29N3O/c1-11-10-12(7-9-18(11)3)17-14(19)13-6-4-5-8-15(13,2)16/h11-13H,4-10,16H2,1-3H3,(H,17,19). The second-order valence-electron chi connectivity index (χ2n) is 6.86. The molecule has 0 spiro atoms. The van der Waals surface area contributed by atoms with Crippen LogP contribution in [0.25, 0.3) is 0 Å². The number of hydrogen-bond donors (Lipinski definition) is 2. The number of piperidine rings is 1. The first-order chi connectivity index (χ1) is 8.90. The molecule has 4 heteroatoms. The van der Waals surface area contributed by atoms with Crippen LogP contribution in [0.5, 0.6) is 0 Å². The number of nitrogens with one attached hydrogen (secondary N) is 1. The quantitative estimate of drug-likeness (QED) is 0.797. The first-order valence-corrected chi connectivity index (χ1v) is 7.69. The molecular formula is C15H29N3O. The van der Waals surface area contributed by atoms with Crippen LogP contribution in [0, 0.1) is 5.92 Å². The molecule has 0 radical (unpaired) electrons. The van der Waals surface area contributed by atoms with Crippen molar-refractivity contribution in [3.8, 4) is 0 Å². The van der Waals surface area contributed by atoms with E-state index < -0.39 is 0 Å². The van der Waals surface area contributed by atoms with Gasteiger partial charge < -0.3 is 16.0 Å². The lowest BCUT2D eigenvalue weighted by atomic mass is 9.74.